The normalized spacial score (nSPS) is 10.2. The number of nitrogens with one attached hydrogen (secondary N) is 1. The maximum atomic E-state index is 11.8. The summed E-state index contributed by atoms with van der Waals surface area (Å²) in [5.41, 5.74) is 0.282. The summed E-state index contributed by atoms with van der Waals surface area (Å²) in [6.45, 7) is 9.82. The molecule has 0 aromatic heterocycles. The van der Waals surface area contributed by atoms with E-state index < -0.39 is 5.41 Å². The molecule has 0 aliphatic heterocycles. The summed E-state index contributed by atoms with van der Waals surface area (Å²) in [4.78, 5) is 12.3. The Kier molecular flexibility index (Phi) is 8.80. The first-order valence-electron chi connectivity index (χ1n) is 6.58. The lowest BCUT2D eigenvalue weighted by atomic mass is 9.95. The van der Waals surface area contributed by atoms with E-state index in [0.717, 1.165) is 17.3 Å². The van der Waals surface area contributed by atoms with E-state index in [1.807, 2.05) is 40.0 Å². The molecule has 0 aliphatic carbocycles. The van der Waals surface area contributed by atoms with E-state index in [1.165, 1.54) is 0 Å². The number of hydrogen-bond acceptors (Lipinski definition) is 3. The summed E-state index contributed by atoms with van der Waals surface area (Å²) < 4.78 is 0. The third-order valence-electron chi connectivity index (χ3n) is 2.40. The van der Waals surface area contributed by atoms with Crippen LogP contribution in [-0.2, 0) is 11.3 Å². The summed E-state index contributed by atoms with van der Waals surface area (Å²) in [5.74, 6) is -0.0620. The van der Waals surface area contributed by atoms with Crippen LogP contribution < -0.4 is 5.32 Å². The molecule has 1 aromatic carbocycles. The predicted octanol–water partition coefficient (Wildman–Crippen LogP) is 5.26. The van der Waals surface area contributed by atoms with Crippen molar-refractivity contribution >= 4 is 40.9 Å². The molecule has 0 bridgehead atoms. The van der Waals surface area contributed by atoms with E-state index in [0.29, 0.717) is 21.5 Å². The molecule has 0 unspecified atom stereocenters. The summed E-state index contributed by atoms with van der Waals surface area (Å²) in [6, 6.07) is 3.42. The molecule has 0 radical (unpaired) electrons. The smallest absolute Gasteiger partial charge is 0.225 e. The molecule has 6 heteroatoms. The van der Waals surface area contributed by atoms with Crippen molar-refractivity contribution in [1.82, 2.24) is 5.32 Å². The molecule has 0 saturated carbocycles. The van der Waals surface area contributed by atoms with Crippen LogP contribution in [-0.4, -0.2) is 5.91 Å². The number of nitrogens with zero attached hydrogens (tertiary/aromatic N) is 1. The molecule has 3 nitrogen and oxygen atoms in total. The van der Waals surface area contributed by atoms with Crippen molar-refractivity contribution in [3.63, 3.8) is 0 Å². The molecule has 0 heterocycles. The predicted molar refractivity (Wildman–Crippen MR) is 90.6 cm³/mol. The van der Waals surface area contributed by atoms with Gasteiger partial charge in [-0.1, -0.05) is 63.9 Å². The van der Waals surface area contributed by atoms with Crippen LogP contribution in [0.15, 0.2) is 17.0 Å². The first-order valence-corrected chi connectivity index (χ1v) is 8.15. The lowest BCUT2D eigenvalue weighted by molar-refractivity contribution is -0.128. The molecular weight excluding hydrogens is 327 g/mol. The highest BCUT2D eigenvalue weighted by Gasteiger charge is 2.21. The van der Waals surface area contributed by atoms with Gasteiger partial charge in [0, 0.05) is 12.0 Å². The molecule has 0 aliphatic rings. The van der Waals surface area contributed by atoms with Crippen LogP contribution in [0.3, 0.4) is 0 Å². The van der Waals surface area contributed by atoms with Crippen LogP contribution in [0.4, 0.5) is 0 Å². The van der Waals surface area contributed by atoms with Gasteiger partial charge in [0.05, 0.1) is 14.9 Å². The van der Waals surface area contributed by atoms with Gasteiger partial charge in [-0.05, 0) is 23.4 Å². The van der Waals surface area contributed by atoms with E-state index in [-0.39, 0.29) is 5.91 Å². The Balaban J connectivity index is 0.00000191. The molecule has 0 saturated heterocycles. The summed E-state index contributed by atoms with van der Waals surface area (Å²) in [6.07, 6.45) is 0. The highest BCUT2D eigenvalue weighted by molar-refractivity contribution is 8.04. The fourth-order valence-corrected chi connectivity index (χ4v) is 2.44. The third-order valence-corrected chi connectivity index (χ3v) is 4.09. The fourth-order valence-electron chi connectivity index (χ4n) is 1.29. The van der Waals surface area contributed by atoms with Crippen LogP contribution in [0.25, 0.3) is 0 Å². The van der Waals surface area contributed by atoms with Crippen molar-refractivity contribution < 1.29 is 4.79 Å². The zero-order valence-electron chi connectivity index (χ0n) is 12.9. The van der Waals surface area contributed by atoms with E-state index in [1.54, 1.807) is 12.1 Å². The minimum absolute atomic E-state index is 0.0620. The highest BCUT2D eigenvalue weighted by Crippen LogP contribution is 2.36. The Morgan fingerprint density at radius 2 is 1.90 bits per heavy atom. The number of nitriles is 1. The zero-order chi connectivity index (χ0) is 16.6. The van der Waals surface area contributed by atoms with Gasteiger partial charge in [-0.15, -0.1) is 0 Å². The first kappa shape index (κ1) is 20.1. The van der Waals surface area contributed by atoms with Crippen molar-refractivity contribution in [2.24, 2.45) is 5.41 Å². The SMILES string of the molecule is CC.CC(C)(C)C(=O)NCc1ccc(Cl)c(SC#N)c1Cl. The Morgan fingerprint density at radius 3 is 2.38 bits per heavy atom. The molecule has 0 spiro atoms. The van der Waals surface area contributed by atoms with Crippen molar-refractivity contribution in [2.45, 2.75) is 46.1 Å². The van der Waals surface area contributed by atoms with Gasteiger partial charge >= 0.3 is 0 Å². The number of hydrogen-bond donors (Lipinski definition) is 1. The molecule has 1 rings (SSSR count). The zero-order valence-corrected chi connectivity index (χ0v) is 15.2. The van der Waals surface area contributed by atoms with Gasteiger partial charge in [-0.2, -0.15) is 5.26 Å². The minimum Gasteiger partial charge on any atom is -0.352 e. The maximum absolute atomic E-state index is 11.8. The molecule has 0 fully saturated rings. The van der Waals surface area contributed by atoms with Crippen molar-refractivity contribution in [2.75, 3.05) is 0 Å². The molecule has 1 N–H and O–H groups in total. The maximum Gasteiger partial charge on any atom is 0.225 e. The van der Waals surface area contributed by atoms with Crippen LogP contribution >= 0.6 is 35.0 Å². The monoisotopic (exact) mass is 346 g/mol. The average Bonchev–Trinajstić information content (AvgIpc) is 2.43. The standard InChI is InChI=1S/C13H14Cl2N2OS.C2H6/c1-13(2,3)12(18)17-6-8-4-5-9(14)11(10(8)15)19-7-16;1-2/h4-5H,6H2,1-3H3,(H,17,18);1-2H3. The number of halogens is 2. The Bertz CT molecular complexity index is 534. The van der Waals surface area contributed by atoms with E-state index >= 15 is 0 Å². The molecule has 0 atom stereocenters. The van der Waals surface area contributed by atoms with Crippen molar-refractivity contribution in [3.05, 3.63) is 27.7 Å². The number of amides is 1. The van der Waals surface area contributed by atoms with Gasteiger partial charge in [0.2, 0.25) is 5.91 Å². The molecule has 1 amide bonds. The Labute approximate surface area is 141 Å². The lowest BCUT2D eigenvalue weighted by Gasteiger charge is -2.18. The molecule has 21 heavy (non-hydrogen) atoms. The second kappa shape index (κ2) is 9.19. The number of rotatable bonds is 3. The van der Waals surface area contributed by atoms with Gasteiger partial charge in [0.15, 0.2) is 0 Å². The third kappa shape index (κ3) is 6.17. The van der Waals surface area contributed by atoms with E-state index in [4.69, 9.17) is 28.5 Å². The lowest BCUT2D eigenvalue weighted by Crippen LogP contribution is -2.34. The largest absolute Gasteiger partial charge is 0.352 e. The van der Waals surface area contributed by atoms with Gasteiger partial charge in [-0.25, -0.2) is 0 Å². The number of carbonyl (C=O) groups excluding carboxylic acids is 1. The topological polar surface area (TPSA) is 52.9 Å². The summed E-state index contributed by atoms with van der Waals surface area (Å²) >= 11 is 13.1. The van der Waals surface area contributed by atoms with Crippen molar-refractivity contribution in [3.8, 4) is 5.40 Å². The number of benzene rings is 1. The highest BCUT2D eigenvalue weighted by atomic mass is 35.5. The Morgan fingerprint density at radius 1 is 1.33 bits per heavy atom. The van der Waals surface area contributed by atoms with Crippen molar-refractivity contribution in [1.29, 1.82) is 5.26 Å². The molecule has 1 aromatic rings. The van der Waals surface area contributed by atoms with Gasteiger partial charge in [0.1, 0.15) is 5.40 Å². The molecular formula is C15H20Cl2N2OS. The van der Waals surface area contributed by atoms with Gasteiger partial charge < -0.3 is 5.32 Å². The van der Waals surface area contributed by atoms with Crippen LogP contribution in [0.1, 0.15) is 40.2 Å². The fraction of sp³-hybridized carbons (Fsp3) is 0.467. The van der Waals surface area contributed by atoms with Gasteiger partial charge in [0.25, 0.3) is 0 Å². The molecule has 116 valence electrons. The second-order valence-electron chi connectivity index (χ2n) is 4.98. The van der Waals surface area contributed by atoms with Crippen LogP contribution in [0.5, 0.6) is 0 Å². The minimum atomic E-state index is -0.455. The van der Waals surface area contributed by atoms with E-state index in [2.05, 4.69) is 5.32 Å². The van der Waals surface area contributed by atoms with Crippen LogP contribution in [0.2, 0.25) is 10.0 Å². The average molecular weight is 347 g/mol. The number of thiocyanates is 1. The van der Waals surface area contributed by atoms with Gasteiger partial charge in [-0.3, -0.25) is 4.79 Å². The van der Waals surface area contributed by atoms with Crippen LogP contribution in [0, 0.1) is 16.1 Å². The first-order chi connectivity index (χ1) is 9.77. The summed E-state index contributed by atoms with van der Waals surface area (Å²) in [7, 11) is 0. The van der Waals surface area contributed by atoms with E-state index in [9.17, 15) is 4.79 Å². The second-order valence-corrected chi connectivity index (χ2v) is 6.56. The number of thioether (sulfide) groups is 1. The quantitative estimate of drug-likeness (QED) is 0.600. The Hall–Kier alpha value is -0.890. The summed E-state index contributed by atoms with van der Waals surface area (Å²) in [5, 5.41) is 14.3. The number of carbonyl (C=O) groups is 1.